The number of hydrogen-bond donors (Lipinski definition) is 2. The lowest BCUT2D eigenvalue weighted by molar-refractivity contribution is -0.127. The molecular weight excluding hydrogens is 394 g/mol. The Kier molecular flexibility index (Phi) is 7.32. The molecule has 31 heavy (non-hydrogen) atoms. The van der Waals surface area contributed by atoms with Crippen molar-refractivity contribution in [1.29, 1.82) is 0 Å². The van der Waals surface area contributed by atoms with Crippen molar-refractivity contribution in [3.63, 3.8) is 0 Å². The number of para-hydroxylation sites is 1. The number of carbonyl (C=O) groups is 2. The van der Waals surface area contributed by atoms with Crippen LogP contribution in [-0.2, 0) is 9.53 Å². The normalized spacial score (nSPS) is 17.3. The average molecular weight is 426 g/mol. The summed E-state index contributed by atoms with van der Waals surface area (Å²) < 4.78 is 5.39. The first-order valence-electron chi connectivity index (χ1n) is 11.2. The number of morpholine rings is 1. The molecule has 2 aliphatic heterocycles. The van der Waals surface area contributed by atoms with E-state index in [1.54, 1.807) is 0 Å². The monoisotopic (exact) mass is 425 g/mol. The second kappa shape index (κ2) is 10.5. The first-order chi connectivity index (χ1) is 15.2. The number of likely N-dealkylation sites (tertiary alicyclic amines) is 1. The highest BCUT2D eigenvalue weighted by atomic mass is 16.5. The van der Waals surface area contributed by atoms with Crippen LogP contribution in [0.1, 0.15) is 29.6 Å². The summed E-state index contributed by atoms with van der Waals surface area (Å²) in [5.74, 6) is 0.821. The van der Waals surface area contributed by atoms with E-state index in [2.05, 4.69) is 20.5 Å². The summed E-state index contributed by atoms with van der Waals surface area (Å²) in [6, 6.07) is 9.55. The molecule has 4 rings (SSSR count). The lowest BCUT2D eigenvalue weighted by atomic mass is 10.1. The fraction of sp³-hybridized carbons (Fsp3) is 0.522. The van der Waals surface area contributed by atoms with Crippen molar-refractivity contribution in [3.05, 3.63) is 35.9 Å². The molecule has 2 aromatic rings. The van der Waals surface area contributed by atoms with Crippen LogP contribution in [0.2, 0.25) is 0 Å². The maximum atomic E-state index is 12.9. The SMILES string of the molecule is O=C(NCCCN1CCCC1=O)c1cc(NCCN2CCOCC2)nc2ccccc12. The van der Waals surface area contributed by atoms with Gasteiger partial charge in [0.2, 0.25) is 5.91 Å². The molecule has 2 saturated heterocycles. The lowest BCUT2D eigenvalue weighted by Gasteiger charge is -2.26. The van der Waals surface area contributed by atoms with Crippen LogP contribution in [0.4, 0.5) is 5.82 Å². The predicted octanol–water partition coefficient (Wildman–Crippen LogP) is 1.72. The quantitative estimate of drug-likeness (QED) is 0.595. The van der Waals surface area contributed by atoms with Crippen molar-refractivity contribution in [2.45, 2.75) is 19.3 Å². The minimum Gasteiger partial charge on any atom is -0.379 e. The molecule has 1 aromatic heterocycles. The Morgan fingerprint density at radius 1 is 1.10 bits per heavy atom. The van der Waals surface area contributed by atoms with Gasteiger partial charge in [0.25, 0.3) is 5.91 Å². The largest absolute Gasteiger partial charge is 0.379 e. The van der Waals surface area contributed by atoms with Gasteiger partial charge in [-0.3, -0.25) is 14.5 Å². The third-order valence-electron chi connectivity index (χ3n) is 5.86. The number of hydrogen-bond acceptors (Lipinski definition) is 6. The molecule has 0 radical (unpaired) electrons. The summed E-state index contributed by atoms with van der Waals surface area (Å²) in [5, 5.41) is 7.22. The molecule has 0 aliphatic carbocycles. The maximum Gasteiger partial charge on any atom is 0.252 e. The topological polar surface area (TPSA) is 86.8 Å². The van der Waals surface area contributed by atoms with Gasteiger partial charge in [-0.1, -0.05) is 18.2 Å². The Bertz CT molecular complexity index is 913. The summed E-state index contributed by atoms with van der Waals surface area (Å²) in [6.07, 6.45) is 2.34. The smallest absolute Gasteiger partial charge is 0.252 e. The molecule has 0 unspecified atom stereocenters. The second-order valence-corrected chi connectivity index (χ2v) is 8.05. The Labute approximate surface area is 182 Å². The van der Waals surface area contributed by atoms with Gasteiger partial charge >= 0.3 is 0 Å². The number of rotatable bonds is 9. The zero-order valence-electron chi connectivity index (χ0n) is 17.9. The molecule has 2 fully saturated rings. The fourth-order valence-electron chi connectivity index (χ4n) is 4.13. The van der Waals surface area contributed by atoms with Crippen LogP contribution < -0.4 is 10.6 Å². The van der Waals surface area contributed by atoms with E-state index < -0.39 is 0 Å². The van der Waals surface area contributed by atoms with Gasteiger partial charge in [-0.2, -0.15) is 0 Å². The molecule has 1 aromatic carbocycles. The number of aromatic nitrogens is 1. The third-order valence-corrected chi connectivity index (χ3v) is 5.86. The number of carbonyl (C=O) groups excluding carboxylic acids is 2. The highest BCUT2D eigenvalue weighted by molar-refractivity contribution is 6.06. The maximum absolute atomic E-state index is 12.9. The van der Waals surface area contributed by atoms with Gasteiger partial charge in [-0.05, 0) is 25.0 Å². The van der Waals surface area contributed by atoms with Crippen molar-refractivity contribution >= 4 is 28.5 Å². The molecule has 166 valence electrons. The Balaban J connectivity index is 1.35. The van der Waals surface area contributed by atoms with E-state index >= 15 is 0 Å². The zero-order valence-corrected chi connectivity index (χ0v) is 17.9. The summed E-state index contributed by atoms with van der Waals surface area (Å²) in [7, 11) is 0. The van der Waals surface area contributed by atoms with Gasteiger partial charge in [0, 0.05) is 57.6 Å². The summed E-state index contributed by atoms with van der Waals surface area (Å²) in [5.41, 5.74) is 1.42. The molecule has 8 heteroatoms. The van der Waals surface area contributed by atoms with Crippen LogP contribution in [0.25, 0.3) is 10.9 Å². The van der Waals surface area contributed by atoms with Crippen molar-refractivity contribution in [2.24, 2.45) is 0 Å². The van der Waals surface area contributed by atoms with Crippen molar-refractivity contribution in [1.82, 2.24) is 20.1 Å². The van der Waals surface area contributed by atoms with Gasteiger partial charge in [0.1, 0.15) is 5.82 Å². The molecule has 0 bridgehead atoms. The molecular formula is C23H31N5O3. The van der Waals surface area contributed by atoms with E-state index in [0.29, 0.717) is 30.9 Å². The van der Waals surface area contributed by atoms with E-state index in [1.807, 2.05) is 35.2 Å². The van der Waals surface area contributed by atoms with E-state index in [1.165, 1.54) is 0 Å². The van der Waals surface area contributed by atoms with Gasteiger partial charge in [-0.25, -0.2) is 4.98 Å². The average Bonchev–Trinajstić information content (AvgIpc) is 3.21. The first kappa shape index (κ1) is 21.5. The van der Waals surface area contributed by atoms with Crippen LogP contribution >= 0.6 is 0 Å². The summed E-state index contributed by atoms with van der Waals surface area (Å²) in [6.45, 7) is 7.21. The molecule has 2 N–H and O–H groups in total. The van der Waals surface area contributed by atoms with Crippen molar-refractivity contribution < 1.29 is 14.3 Å². The highest BCUT2D eigenvalue weighted by Gasteiger charge is 2.19. The molecule has 0 atom stereocenters. The molecule has 0 spiro atoms. The molecule has 2 aliphatic rings. The summed E-state index contributed by atoms with van der Waals surface area (Å²) >= 11 is 0. The van der Waals surface area contributed by atoms with E-state index in [0.717, 1.165) is 69.7 Å². The van der Waals surface area contributed by atoms with Crippen LogP contribution in [0, 0.1) is 0 Å². The number of fused-ring (bicyclic) bond motifs is 1. The minimum atomic E-state index is -0.109. The predicted molar refractivity (Wildman–Crippen MR) is 120 cm³/mol. The van der Waals surface area contributed by atoms with Gasteiger partial charge in [0.05, 0.1) is 24.3 Å². The van der Waals surface area contributed by atoms with Gasteiger partial charge in [0.15, 0.2) is 0 Å². The molecule has 0 saturated carbocycles. The fourth-order valence-corrected chi connectivity index (χ4v) is 4.13. The Morgan fingerprint density at radius 2 is 1.94 bits per heavy atom. The number of ether oxygens (including phenoxy) is 1. The number of amides is 2. The number of nitrogens with zero attached hydrogens (tertiary/aromatic N) is 3. The Morgan fingerprint density at radius 3 is 2.74 bits per heavy atom. The highest BCUT2D eigenvalue weighted by Crippen LogP contribution is 2.21. The zero-order chi connectivity index (χ0) is 21.5. The first-order valence-corrected chi connectivity index (χ1v) is 11.2. The standard InChI is InChI=1S/C23H31N5O3/c29-22-7-3-10-28(22)11-4-8-25-23(30)19-17-21(26-20-6-2-1-5-18(19)20)24-9-12-27-13-15-31-16-14-27/h1-2,5-6,17H,3-4,7-16H2,(H,24,26)(H,25,30). The van der Waals surface area contributed by atoms with Crippen LogP contribution in [0.3, 0.4) is 0 Å². The van der Waals surface area contributed by atoms with Crippen molar-refractivity contribution in [2.75, 3.05) is 64.3 Å². The van der Waals surface area contributed by atoms with Crippen molar-refractivity contribution in [3.8, 4) is 0 Å². The Hall–Kier alpha value is -2.71. The van der Waals surface area contributed by atoms with E-state index in [9.17, 15) is 9.59 Å². The van der Waals surface area contributed by atoms with E-state index in [-0.39, 0.29) is 11.8 Å². The molecule has 3 heterocycles. The van der Waals surface area contributed by atoms with Gasteiger partial charge < -0.3 is 20.3 Å². The molecule has 8 nitrogen and oxygen atoms in total. The molecule has 2 amide bonds. The number of pyridine rings is 1. The third kappa shape index (κ3) is 5.71. The second-order valence-electron chi connectivity index (χ2n) is 8.05. The number of anilines is 1. The van der Waals surface area contributed by atoms with Crippen LogP contribution in [-0.4, -0.2) is 85.6 Å². The van der Waals surface area contributed by atoms with Crippen LogP contribution in [0.5, 0.6) is 0 Å². The lowest BCUT2D eigenvalue weighted by Crippen LogP contribution is -2.39. The van der Waals surface area contributed by atoms with Gasteiger partial charge in [-0.15, -0.1) is 0 Å². The summed E-state index contributed by atoms with van der Waals surface area (Å²) in [4.78, 5) is 33.6. The number of benzene rings is 1. The van der Waals surface area contributed by atoms with E-state index in [4.69, 9.17) is 4.74 Å². The number of nitrogens with one attached hydrogen (secondary N) is 2. The van der Waals surface area contributed by atoms with Crippen LogP contribution in [0.15, 0.2) is 30.3 Å². The minimum absolute atomic E-state index is 0.109.